The Kier molecular flexibility index (Phi) is 3.65. The Balaban J connectivity index is 2.11. The number of rotatable bonds is 1. The van der Waals surface area contributed by atoms with E-state index in [9.17, 15) is 0 Å². The summed E-state index contributed by atoms with van der Waals surface area (Å²) in [6.07, 6.45) is 3.58. The van der Waals surface area contributed by atoms with E-state index in [2.05, 4.69) is 40.7 Å². The summed E-state index contributed by atoms with van der Waals surface area (Å²) in [7, 11) is 0. The summed E-state index contributed by atoms with van der Waals surface area (Å²) in [6, 6.07) is 0. The summed E-state index contributed by atoms with van der Waals surface area (Å²) in [6.45, 7) is 12.9. The maximum atomic E-state index is 5.96. The van der Waals surface area contributed by atoms with Crippen LogP contribution in [0.2, 0.25) is 0 Å². The molecule has 0 radical (unpaired) electrons. The van der Waals surface area contributed by atoms with Crippen molar-refractivity contribution in [3.63, 3.8) is 0 Å². The monoisotopic (exact) mass is 238 g/mol. The van der Waals surface area contributed by atoms with Crippen LogP contribution in [0.15, 0.2) is 11.6 Å². The lowest BCUT2D eigenvalue weighted by atomic mass is 9.63. The van der Waals surface area contributed by atoms with Crippen molar-refractivity contribution in [1.29, 1.82) is 0 Å². The summed E-state index contributed by atoms with van der Waals surface area (Å²) in [5.41, 5.74) is 1.71. The molecule has 0 aromatic rings. The highest BCUT2D eigenvalue weighted by Gasteiger charge is 2.46. The van der Waals surface area contributed by atoms with E-state index in [-0.39, 0.29) is 11.7 Å². The van der Waals surface area contributed by atoms with Gasteiger partial charge in [-0.05, 0) is 25.2 Å². The first-order valence-corrected chi connectivity index (χ1v) is 6.86. The van der Waals surface area contributed by atoms with Crippen molar-refractivity contribution >= 4 is 0 Å². The second kappa shape index (κ2) is 4.74. The third-order valence-electron chi connectivity index (χ3n) is 4.63. The summed E-state index contributed by atoms with van der Waals surface area (Å²) < 4.78 is 11.9. The average Bonchev–Trinajstić information content (AvgIpc) is 2.26. The lowest BCUT2D eigenvalue weighted by molar-refractivity contribution is -0.264. The smallest absolute Gasteiger partial charge is 0.159 e. The number of ether oxygens (including phenoxy) is 2. The number of hydrogen-bond acceptors (Lipinski definition) is 2. The maximum absolute atomic E-state index is 5.96. The summed E-state index contributed by atoms with van der Waals surface area (Å²) >= 11 is 0. The van der Waals surface area contributed by atoms with Crippen LogP contribution in [0.5, 0.6) is 0 Å². The van der Waals surface area contributed by atoms with E-state index in [1.54, 1.807) is 0 Å². The van der Waals surface area contributed by atoms with E-state index < -0.39 is 0 Å². The fourth-order valence-electron chi connectivity index (χ4n) is 3.29. The van der Waals surface area contributed by atoms with E-state index in [1.165, 1.54) is 12.0 Å². The van der Waals surface area contributed by atoms with Crippen LogP contribution in [0, 0.1) is 23.2 Å². The van der Waals surface area contributed by atoms with Crippen molar-refractivity contribution in [2.45, 2.75) is 47.3 Å². The Morgan fingerprint density at radius 3 is 2.29 bits per heavy atom. The van der Waals surface area contributed by atoms with E-state index in [0.717, 1.165) is 13.2 Å². The van der Waals surface area contributed by atoms with Gasteiger partial charge in [0.1, 0.15) is 0 Å². The molecule has 0 aromatic heterocycles. The average molecular weight is 238 g/mol. The SMILES string of the molecule is CC1=C[C@@H](C)C2(COC(C(C)C)OC2)[C@H](C)C1. The molecule has 1 aliphatic heterocycles. The van der Waals surface area contributed by atoms with Gasteiger partial charge in [0.05, 0.1) is 13.2 Å². The van der Waals surface area contributed by atoms with Gasteiger partial charge in [-0.2, -0.15) is 0 Å². The molecule has 2 aliphatic rings. The molecule has 2 atom stereocenters. The number of allylic oxidation sites excluding steroid dienone is 2. The van der Waals surface area contributed by atoms with Gasteiger partial charge in [-0.3, -0.25) is 0 Å². The molecule has 0 amide bonds. The fourth-order valence-corrected chi connectivity index (χ4v) is 3.29. The van der Waals surface area contributed by atoms with Crippen molar-refractivity contribution in [2.75, 3.05) is 13.2 Å². The first-order chi connectivity index (χ1) is 7.95. The second-order valence-corrected chi connectivity index (χ2v) is 6.37. The minimum absolute atomic E-state index is 0.00738. The van der Waals surface area contributed by atoms with Crippen LogP contribution in [0.3, 0.4) is 0 Å². The minimum Gasteiger partial charge on any atom is -0.352 e. The molecule has 1 heterocycles. The topological polar surface area (TPSA) is 18.5 Å². The third-order valence-corrected chi connectivity index (χ3v) is 4.63. The Morgan fingerprint density at radius 1 is 1.24 bits per heavy atom. The fraction of sp³-hybridized carbons (Fsp3) is 0.867. The molecule has 0 aromatic carbocycles. The van der Waals surface area contributed by atoms with Crippen LogP contribution in [0.1, 0.15) is 41.0 Å². The van der Waals surface area contributed by atoms with Crippen LogP contribution in [0.4, 0.5) is 0 Å². The van der Waals surface area contributed by atoms with Crippen LogP contribution < -0.4 is 0 Å². The summed E-state index contributed by atoms with van der Waals surface area (Å²) in [5.74, 6) is 1.65. The molecule has 17 heavy (non-hydrogen) atoms. The molecule has 2 nitrogen and oxygen atoms in total. The number of hydrogen-bond donors (Lipinski definition) is 0. The molecule has 0 saturated carbocycles. The Labute approximate surface area is 105 Å². The zero-order valence-corrected chi connectivity index (χ0v) is 11.8. The highest BCUT2D eigenvalue weighted by Crippen LogP contribution is 2.47. The molecule has 0 N–H and O–H groups in total. The zero-order chi connectivity index (χ0) is 12.6. The van der Waals surface area contributed by atoms with E-state index >= 15 is 0 Å². The quantitative estimate of drug-likeness (QED) is 0.650. The van der Waals surface area contributed by atoms with E-state index in [4.69, 9.17) is 9.47 Å². The van der Waals surface area contributed by atoms with Gasteiger partial charge in [0.25, 0.3) is 0 Å². The van der Waals surface area contributed by atoms with Gasteiger partial charge in [-0.25, -0.2) is 0 Å². The molecule has 0 unspecified atom stereocenters. The predicted molar refractivity (Wildman–Crippen MR) is 69.7 cm³/mol. The minimum atomic E-state index is -0.00738. The largest absolute Gasteiger partial charge is 0.352 e. The molecular formula is C15H26O2. The second-order valence-electron chi connectivity index (χ2n) is 6.37. The van der Waals surface area contributed by atoms with Crippen molar-refractivity contribution in [1.82, 2.24) is 0 Å². The highest BCUT2D eigenvalue weighted by molar-refractivity contribution is 5.13. The molecule has 98 valence electrons. The molecule has 1 saturated heterocycles. The van der Waals surface area contributed by atoms with Crippen molar-refractivity contribution in [3.05, 3.63) is 11.6 Å². The van der Waals surface area contributed by atoms with Crippen molar-refractivity contribution in [2.24, 2.45) is 23.2 Å². The molecule has 2 heteroatoms. The zero-order valence-electron chi connectivity index (χ0n) is 11.8. The van der Waals surface area contributed by atoms with Gasteiger partial charge >= 0.3 is 0 Å². The molecule has 1 spiro atoms. The van der Waals surface area contributed by atoms with Gasteiger partial charge in [0.2, 0.25) is 0 Å². The van der Waals surface area contributed by atoms with Gasteiger partial charge in [0, 0.05) is 11.3 Å². The third kappa shape index (κ3) is 2.30. The molecule has 1 aliphatic carbocycles. The van der Waals surface area contributed by atoms with Crippen LogP contribution in [-0.4, -0.2) is 19.5 Å². The van der Waals surface area contributed by atoms with Gasteiger partial charge in [-0.15, -0.1) is 0 Å². The Hall–Kier alpha value is -0.340. The summed E-state index contributed by atoms with van der Waals surface area (Å²) in [5, 5.41) is 0. The van der Waals surface area contributed by atoms with E-state index in [0.29, 0.717) is 17.8 Å². The van der Waals surface area contributed by atoms with Crippen LogP contribution >= 0.6 is 0 Å². The predicted octanol–water partition coefficient (Wildman–Crippen LogP) is 3.62. The lowest BCUT2D eigenvalue weighted by Gasteiger charge is -2.50. The highest BCUT2D eigenvalue weighted by atomic mass is 16.7. The lowest BCUT2D eigenvalue weighted by Crippen LogP contribution is -2.51. The van der Waals surface area contributed by atoms with Gasteiger partial charge in [0.15, 0.2) is 6.29 Å². The first-order valence-electron chi connectivity index (χ1n) is 6.86. The molecule has 1 fully saturated rings. The summed E-state index contributed by atoms with van der Waals surface area (Å²) in [4.78, 5) is 0. The van der Waals surface area contributed by atoms with Crippen molar-refractivity contribution in [3.8, 4) is 0 Å². The maximum Gasteiger partial charge on any atom is 0.159 e. The standard InChI is InChI=1S/C15H26O2/c1-10(2)14-16-8-15(9-17-14)12(4)6-11(3)7-13(15)5/h6,10,12-14H,7-9H2,1-5H3/t12-,13-,14?,15?/m1/s1. The Morgan fingerprint density at radius 2 is 1.82 bits per heavy atom. The molecule has 0 bridgehead atoms. The van der Waals surface area contributed by atoms with Gasteiger partial charge in [-0.1, -0.05) is 39.3 Å². The molecular weight excluding hydrogens is 212 g/mol. The van der Waals surface area contributed by atoms with Crippen molar-refractivity contribution < 1.29 is 9.47 Å². The normalized spacial score (nSPS) is 42.9. The van der Waals surface area contributed by atoms with Gasteiger partial charge < -0.3 is 9.47 Å². The molecule has 2 rings (SSSR count). The van der Waals surface area contributed by atoms with Crippen LogP contribution in [0.25, 0.3) is 0 Å². The Bertz CT molecular complexity index is 298. The first kappa shape index (κ1) is 13.1. The van der Waals surface area contributed by atoms with Crippen LogP contribution in [-0.2, 0) is 9.47 Å². The van der Waals surface area contributed by atoms with E-state index in [1.807, 2.05) is 0 Å².